The molecule has 0 aromatic rings. The van der Waals surface area contributed by atoms with Crippen LogP contribution in [0.1, 0.15) is 122 Å². The lowest BCUT2D eigenvalue weighted by Gasteiger charge is -2.35. The second kappa shape index (κ2) is 11.9. The molecular formula is C29H60N2. The Kier molecular flexibility index (Phi) is 11.1. The van der Waals surface area contributed by atoms with Crippen LogP contribution in [0.4, 0.5) is 0 Å². The number of rotatable bonds is 11. The molecule has 1 fully saturated rings. The van der Waals surface area contributed by atoms with Crippen molar-refractivity contribution in [1.29, 1.82) is 0 Å². The van der Waals surface area contributed by atoms with Crippen molar-refractivity contribution in [1.82, 2.24) is 9.80 Å². The second-order valence-corrected chi connectivity index (χ2v) is 15.0. The quantitative estimate of drug-likeness (QED) is 0.321. The van der Waals surface area contributed by atoms with E-state index >= 15 is 0 Å². The second-order valence-electron chi connectivity index (χ2n) is 15.0. The summed E-state index contributed by atoms with van der Waals surface area (Å²) in [6.07, 6.45) is 8.66. The standard InChI is InChI=1S/C29H60N2/c1-23(20-27(4,5)6)13-15-30-17-18-31(16-14-24(2)21-28(7,8)9)26(30)19-25(3)22-29(10,11)12/h23-26H,13-22H2,1-12H3. The highest BCUT2D eigenvalue weighted by molar-refractivity contribution is 4.85. The van der Waals surface area contributed by atoms with E-state index in [4.69, 9.17) is 0 Å². The fourth-order valence-corrected chi connectivity index (χ4v) is 6.16. The molecule has 0 bridgehead atoms. The van der Waals surface area contributed by atoms with E-state index in [2.05, 4.69) is 92.9 Å². The molecule has 2 heteroatoms. The number of hydrogen-bond donors (Lipinski definition) is 0. The zero-order chi connectivity index (χ0) is 24.0. The van der Waals surface area contributed by atoms with Gasteiger partial charge in [0.25, 0.3) is 0 Å². The molecule has 3 unspecified atom stereocenters. The minimum Gasteiger partial charge on any atom is -0.287 e. The van der Waals surface area contributed by atoms with Gasteiger partial charge in [0.05, 0.1) is 6.17 Å². The van der Waals surface area contributed by atoms with Gasteiger partial charge >= 0.3 is 0 Å². The van der Waals surface area contributed by atoms with Crippen LogP contribution in [-0.4, -0.2) is 42.1 Å². The Balaban J connectivity index is 2.73. The molecule has 0 radical (unpaired) electrons. The maximum Gasteiger partial charge on any atom is 0.0625 e. The van der Waals surface area contributed by atoms with Gasteiger partial charge in [-0.2, -0.15) is 0 Å². The molecule has 0 aromatic heterocycles. The van der Waals surface area contributed by atoms with Gasteiger partial charge in [0, 0.05) is 13.1 Å². The van der Waals surface area contributed by atoms with Crippen molar-refractivity contribution < 1.29 is 0 Å². The smallest absolute Gasteiger partial charge is 0.0625 e. The van der Waals surface area contributed by atoms with Crippen LogP contribution in [0.15, 0.2) is 0 Å². The maximum atomic E-state index is 2.84. The summed E-state index contributed by atoms with van der Waals surface area (Å²) in [5.74, 6) is 2.41. The monoisotopic (exact) mass is 436 g/mol. The molecule has 186 valence electrons. The molecule has 0 saturated carbocycles. The molecular weight excluding hydrogens is 376 g/mol. The van der Waals surface area contributed by atoms with Crippen LogP contribution in [0.3, 0.4) is 0 Å². The van der Waals surface area contributed by atoms with Crippen LogP contribution >= 0.6 is 0 Å². The molecule has 1 aliphatic rings. The van der Waals surface area contributed by atoms with Crippen molar-refractivity contribution in [2.45, 2.75) is 128 Å². The molecule has 0 spiro atoms. The number of hydrogen-bond acceptors (Lipinski definition) is 2. The van der Waals surface area contributed by atoms with Gasteiger partial charge in [-0.15, -0.1) is 0 Å². The van der Waals surface area contributed by atoms with Gasteiger partial charge in [0.1, 0.15) is 0 Å². The first-order valence-electron chi connectivity index (χ1n) is 13.4. The molecule has 0 N–H and O–H groups in total. The zero-order valence-corrected chi connectivity index (χ0v) is 23.8. The van der Waals surface area contributed by atoms with Crippen molar-refractivity contribution in [2.75, 3.05) is 26.2 Å². The molecule has 1 saturated heterocycles. The first kappa shape index (κ1) is 29.0. The average molecular weight is 437 g/mol. The molecule has 0 aliphatic carbocycles. The zero-order valence-electron chi connectivity index (χ0n) is 23.8. The SMILES string of the molecule is CC(CCN1CCN(CCC(C)CC(C)(C)C)C1CC(C)CC(C)(C)C)CC(C)(C)C. The van der Waals surface area contributed by atoms with E-state index in [0.29, 0.717) is 22.4 Å². The van der Waals surface area contributed by atoms with Gasteiger partial charge in [-0.1, -0.05) is 83.1 Å². The van der Waals surface area contributed by atoms with Gasteiger partial charge in [-0.25, -0.2) is 0 Å². The Hall–Kier alpha value is -0.0800. The summed E-state index contributed by atoms with van der Waals surface area (Å²) in [7, 11) is 0. The van der Waals surface area contributed by atoms with Crippen LogP contribution in [0.5, 0.6) is 0 Å². The van der Waals surface area contributed by atoms with E-state index in [-0.39, 0.29) is 0 Å². The van der Waals surface area contributed by atoms with Crippen molar-refractivity contribution in [2.24, 2.45) is 34.0 Å². The highest BCUT2D eigenvalue weighted by Gasteiger charge is 2.33. The highest BCUT2D eigenvalue weighted by atomic mass is 15.4. The normalized spacial score (nSPS) is 22.6. The van der Waals surface area contributed by atoms with Crippen LogP contribution in [0, 0.1) is 34.0 Å². The Morgan fingerprint density at radius 1 is 0.581 bits per heavy atom. The summed E-state index contributed by atoms with van der Waals surface area (Å²) >= 11 is 0. The predicted molar refractivity (Wildman–Crippen MR) is 140 cm³/mol. The third-order valence-corrected chi connectivity index (χ3v) is 6.83. The lowest BCUT2D eigenvalue weighted by molar-refractivity contribution is 0.0911. The van der Waals surface area contributed by atoms with Crippen LogP contribution in [-0.2, 0) is 0 Å². The summed E-state index contributed by atoms with van der Waals surface area (Å²) in [5, 5.41) is 0. The van der Waals surface area contributed by atoms with Gasteiger partial charge in [-0.05, 0) is 85.6 Å². The van der Waals surface area contributed by atoms with E-state index in [1.807, 2.05) is 0 Å². The largest absolute Gasteiger partial charge is 0.287 e. The summed E-state index contributed by atoms with van der Waals surface area (Å²) in [5.41, 5.74) is 1.32. The van der Waals surface area contributed by atoms with Gasteiger partial charge in [-0.3, -0.25) is 9.80 Å². The van der Waals surface area contributed by atoms with Crippen LogP contribution < -0.4 is 0 Å². The van der Waals surface area contributed by atoms with Gasteiger partial charge < -0.3 is 0 Å². The third kappa shape index (κ3) is 13.3. The minimum absolute atomic E-state index is 0.427. The average Bonchev–Trinajstić information content (AvgIpc) is 2.87. The minimum atomic E-state index is 0.427. The lowest BCUT2D eigenvalue weighted by Crippen LogP contribution is -2.42. The van der Waals surface area contributed by atoms with Crippen LogP contribution in [0.25, 0.3) is 0 Å². The Morgan fingerprint density at radius 2 is 0.903 bits per heavy atom. The summed E-state index contributed by atoms with van der Waals surface area (Å²) in [6, 6.07) is 0. The first-order valence-corrected chi connectivity index (χ1v) is 13.4. The molecule has 3 atom stereocenters. The van der Waals surface area contributed by atoms with Gasteiger partial charge in [0.15, 0.2) is 0 Å². The topological polar surface area (TPSA) is 6.48 Å². The van der Waals surface area contributed by atoms with Gasteiger partial charge in [0.2, 0.25) is 0 Å². The van der Waals surface area contributed by atoms with E-state index in [0.717, 1.165) is 17.8 Å². The number of nitrogens with zero attached hydrogens (tertiary/aromatic N) is 2. The fourth-order valence-electron chi connectivity index (χ4n) is 6.16. The Morgan fingerprint density at radius 3 is 1.23 bits per heavy atom. The molecule has 1 aliphatic heterocycles. The molecule has 0 aromatic carbocycles. The fraction of sp³-hybridized carbons (Fsp3) is 1.00. The predicted octanol–water partition coefficient (Wildman–Crippen LogP) is 8.32. The highest BCUT2D eigenvalue weighted by Crippen LogP contribution is 2.32. The molecule has 2 nitrogen and oxygen atoms in total. The molecule has 0 amide bonds. The Bertz CT molecular complexity index is 456. The first-order chi connectivity index (χ1) is 14.0. The van der Waals surface area contributed by atoms with E-state index < -0.39 is 0 Å². The van der Waals surface area contributed by atoms with Crippen molar-refractivity contribution >= 4 is 0 Å². The van der Waals surface area contributed by atoms with Crippen LogP contribution in [0.2, 0.25) is 0 Å². The van der Waals surface area contributed by atoms with Crippen molar-refractivity contribution in [3.8, 4) is 0 Å². The Labute approximate surface area is 197 Å². The molecule has 1 rings (SSSR count). The summed E-state index contributed by atoms with van der Waals surface area (Å²) < 4.78 is 0. The third-order valence-electron chi connectivity index (χ3n) is 6.83. The van der Waals surface area contributed by atoms with E-state index in [1.54, 1.807) is 0 Å². The molecule has 1 heterocycles. The van der Waals surface area contributed by atoms with Crippen molar-refractivity contribution in [3.05, 3.63) is 0 Å². The van der Waals surface area contributed by atoms with E-state index in [1.165, 1.54) is 64.7 Å². The lowest BCUT2D eigenvalue weighted by atomic mass is 9.83. The summed E-state index contributed by atoms with van der Waals surface area (Å²) in [4.78, 5) is 5.68. The van der Waals surface area contributed by atoms with Crippen molar-refractivity contribution in [3.63, 3.8) is 0 Å². The van der Waals surface area contributed by atoms with E-state index in [9.17, 15) is 0 Å². The molecule has 31 heavy (non-hydrogen) atoms. The maximum absolute atomic E-state index is 2.84. The summed E-state index contributed by atoms with van der Waals surface area (Å²) in [6.45, 7) is 34.0.